The predicted octanol–water partition coefficient (Wildman–Crippen LogP) is 2.90. The average Bonchev–Trinajstić information content (AvgIpc) is 2.68. The van der Waals surface area contributed by atoms with Gasteiger partial charge in [-0.1, -0.05) is 30.3 Å². The van der Waals surface area contributed by atoms with E-state index in [2.05, 4.69) is 16.0 Å². The van der Waals surface area contributed by atoms with Crippen molar-refractivity contribution in [2.75, 3.05) is 26.2 Å². The number of aromatic hydroxyl groups is 1. The number of pyridine rings is 1. The Morgan fingerprint density at radius 3 is 2.42 bits per heavy atom. The molecule has 132 valence electrons. The second kappa shape index (κ2) is 7.14. The van der Waals surface area contributed by atoms with Crippen molar-refractivity contribution in [3.8, 4) is 5.75 Å². The topological polar surface area (TPSA) is 56.7 Å². The standard InChI is InChI=1S/C21H21N3O2/c25-20-13-18-6-2-1-5-17(18)12-19(20)21(26)24-10-8-23(9-11-24)15-16-4-3-7-22-14-16/h1-7,12-14,25H,8-11,15H2. The largest absolute Gasteiger partial charge is 0.507 e. The van der Waals surface area contributed by atoms with Crippen LogP contribution in [0.25, 0.3) is 10.8 Å². The van der Waals surface area contributed by atoms with Gasteiger partial charge in [0.05, 0.1) is 5.56 Å². The highest BCUT2D eigenvalue weighted by Crippen LogP contribution is 2.26. The summed E-state index contributed by atoms with van der Waals surface area (Å²) in [4.78, 5) is 21.2. The zero-order valence-corrected chi connectivity index (χ0v) is 14.5. The second-order valence-corrected chi connectivity index (χ2v) is 6.65. The van der Waals surface area contributed by atoms with Gasteiger partial charge in [0.1, 0.15) is 5.75 Å². The molecule has 26 heavy (non-hydrogen) atoms. The Morgan fingerprint density at radius 1 is 1.00 bits per heavy atom. The van der Waals surface area contributed by atoms with Crippen molar-refractivity contribution in [2.24, 2.45) is 0 Å². The van der Waals surface area contributed by atoms with Gasteiger partial charge in [-0.15, -0.1) is 0 Å². The number of nitrogens with zero attached hydrogens (tertiary/aromatic N) is 3. The third-order valence-electron chi connectivity index (χ3n) is 4.88. The van der Waals surface area contributed by atoms with E-state index in [1.165, 1.54) is 5.56 Å². The minimum atomic E-state index is -0.103. The normalized spacial score (nSPS) is 15.3. The first kappa shape index (κ1) is 16.5. The van der Waals surface area contributed by atoms with Crippen LogP contribution in [0, 0.1) is 0 Å². The Morgan fingerprint density at radius 2 is 1.73 bits per heavy atom. The van der Waals surface area contributed by atoms with Crippen LogP contribution in [0.15, 0.2) is 60.9 Å². The number of carbonyl (C=O) groups is 1. The maximum absolute atomic E-state index is 12.9. The molecule has 1 aliphatic rings. The van der Waals surface area contributed by atoms with Crippen LogP contribution in [0.2, 0.25) is 0 Å². The molecule has 1 saturated heterocycles. The molecule has 1 N–H and O–H groups in total. The molecule has 1 amide bonds. The summed E-state index contributed by atoms with van der Waals surface area (Å²) >= 11 is 0. The van der Waals surface area contributed by atoms with E-state index in [1.807, 2.05) is 41.4 Å². The highest BCUT2D eigenvalue weighted by molar-refractivity contribution is 6.01. The number of carbonyl (C=O) groups excluding carboxylic acids is 1. The van der Waals surface area contributed by atoms with E-state index < -0.39 is 0 Å². The van der Waals surface area contributed by atoms with Crippen LogP contribution >= 0.6 is 0 Å². The van der Waals surface area contributed by atoms with Gasteiger partial charge in [-0.05, 0) is 34.5 Å². The van der Waals surface area contributed by atoms with Crippen molar-refractivity contribution in [1.29, 1.82) is 0 Å². The molecule has 2 heterocycles. The van der Waals surface area contributed by atoms with Gasteiger partial charge in [0.2, 0.25) is 0 Å². The van der Waals surface area contributed by atoms with Crippen molar-refractivity contribution >= 4 is 16.7 Å². The quantitative estimate of drug-likeness (QED) is 0.791. The Balaban J connectivity index is 1.44. The van der Waals surface area contributed by atoms with Gasteiger partial charge in [0, 0.05) is 45.1 Å². The molecule has 2 aromatic carbocycles. The van der Waals surface area contributed by atoms with Gasteiger partial charge in [0.25, 0.3) is 5.91 Å². The minimum Gasteiger partial charge on any atom is -0.507 e. The lowest BCUT2D eigenvalue weighted by atomic mass is 10.0. The summed E-state index contributed by atoms with van der Waals surface area (Å²) in [7, 11) is 0. The third-order valence-corrected chi connectivity index (χ3v) is 4.88. The van der Waals surface area contributed by atoms with Gasteiger partial charge in [-0.25, -0.2) is 0 Å². The maximum Gasteiger partial charge on any atom is 0.257 e. The van der Waals surface area contributed by atoms with E-state index in [1.54, 1.807) is 18.3 Å². The van der Waals surface area contributed by atoms with Crippen LogP contribution in [0.1, 0.15) is 15.9 Å². The first-order chi connectivity index (χ1) is 12.7. The third kappa shape index (κ3) is 3.39. The van der Waals surface area contributed by atoms with Crippen molar-refractivity contribution in [3.05, 3.63) is 72.1 Å². The van der Waals surface area contributed by atoms with E-state index in [0.29, 0.717) is 18.7 Å². The van der Waals surface area contributed by atoms with Gasteiger partial charge in [-0.2, -0.15) is 0 Å². The lowest BCUT2D eigenvalue weighted by Gasteiger charge is -2.34. The fourth-order valence-electron chi connectivity index (χ4n) is 3.43. The summed E-state index contributed by atoms with van der Waals surface area (Å²) in [6, 6.07) is 15.2. The highest BCUT2D eigenvalue weighted by atomic mass is 16.3. The van der Waals surface area contributed by atoms with Crippen molar-refractivity contribution in [2.45, 2.75) is 6.54 Å². The summed E-state index contributed by atoms with van der Waals surface area (Å²) in [5.41, 5.74) is 1.56. The van der Waals surface area contributed by atoms with E-state index >= 15 is 0 Å². The smallest absolute Gasteiger partial charge is 0.257 e. The predicted molar refractivity (Wildman–Crippen MR) is 101 cm³/mol. The molecule has 5 heteroatoms. The lowest BCUT2D eigenvalue weighted by molar-refractivity contribution is 0.0625. The average molecular weight is 347 g/mol. The Labute approximate surface area is 152 Å². The lowest BCUT2D eigenvalue weighted by Crippen LogP contribution is -2.48. The maximum atomic E-state index is 12.9. The molecule has 0 atom stereocenters. The van der Waals surface area contributed by atoms with Gasteiger partial charge < -0.3 is 10.0 Å². The van der Waals surface area contributed by atoms with E-state index in [4.69, 9.17) is 0 Å². The van der Waals surface area contributed by atoms with E-state index in [0.717, 1.165) is 30.4 Å². The van der Waals surface area contributed by atoms with Gasteiger partial charge in [0.15, 0.2) is 0 Å². The molecule has 0 unspecified atom stereocenters. The molecule has 1 fully saturated rings. The number of benzene rings is 2. The Hall–Kier alpha value is -2.92. The SMILES string of the molecule is O=C(c1cc2ccccc2cc1O)N1CCN(Cc2cccnc2)CC1. The fraction of sp³-hybridized carbons (Fsp3) is 0.238. The van der Waals surface area contributed by atoms with Gasteiger partial charge >= 0.3 is 0 Å². The molecular formula is C21H21N3O2. The van der Waals surface area contributed by atoms with Gasteiger partial charge in [-0.3, -0.25) is 14.7 Å². The molecule has 5 nitrogen and oxygen atoms in total. The molecule has 0 spiro atoms. The number of fused-ring (bicyclic) bond motifs is 1. The summed E-state index contributed by atoms with van der Waals surface area (Å²) < 4.78 is 0. The van der Waals surface area contributed by atoms with Crippen molar-refractivity contribution < 1.29 is 9.90 Å². The van der Waals surface area contributed by atoms with Crippen LogP contribution in [0.4, 0.5) is 0 Å². The number of piperazine rings is 1. The number of phenolic OH excluding ortho intramolecular Hbond substituents is 1. The van der Waals surface area contributed by atoms with Crippen molar-refractivity contribution in [1.82, 2.24) is 14.8 Å². The number of aromatic nitrogens is 1. The summed E-state index contributed by atoms with van der Waals surface area (Å²) in [5, 5.41) is 12.2. The molecule has 0 radical (unpaired) electrons. The zero-order valence-electron chi connectivity index (χ0n) is 14.5. The number of amides is 1. The first-order valence-electron chi connectivity index (χ1n) is 8.83. The van der Waals surface area contributed by atoms with Crippen LogP contribution in [0.5, 0.6) is 5.75 Å². The summed E-state index contributed by atoms with van der Waals surface area (Å²) in [5.74, 6) is -0.0548. The van der Waals surface area contributed by atoms with Crippen LogP contribution in [-0.2, 0) is 6.54 Å². The zero-order chi connectivity index (χ0) is 17.9. The number of hydrogen-bond donors (Lipinski definition) is 1. The monoisotopic (exact) mass is 347 g/mol. The summed E-state index contributed by atoms with van der Waals surface area (Å²) in [6.45, 7) is 3.79. The van der Waals surface area contributed by atoms with E-state index in [-0.39, 0.29) is 11.7 Å². The molecule has 1 aromatic heterocycles. The van der Waals surface area contributed by atoms with Crippen LogP contribution in [-0.4, -0.2) is 52.0 Å². The molecule has 4 rings (SSSR count). The highest BCUT2D eigenvalue weighted by Gasteiger charge is 2.24. The second-order valence-electron chi connectivity index (χ2n) is 6.65. The molecule has 0 bridgehead atoms. The van der Waals surface area contributed by atoms with Crippen LogP contribution in [0.3, 0.4) is 0 Å². The molecule has 1 aliphatic heterocycles. The Bertz CT molecular complexity index is 919. The fourth-order valence-corrected chi connectivity index (χ4v) is 3.43. The Kier molecular flexibility index (Phi) is 4.54. The van der Waals surface area contributed by atoms with Crippen molar-refractivity contribution in [3.63, 3.8) is 0 Å². The van der Waals surface area contributed by atoms with E-state index in [9.17, 15) is 9.90 Å². The number of phenols is 1. The minimum absolute atomic E-state index is 0.0477. The molecule has 0 saturated carbocycles. The van der Waals surface area contributed by atoms with Crippen LogP contribution < -0.4 is 0 Å². The first-order valence-corrected chi connectivity index (χ1v) is 8.83. The molecule has 3 aromatic rings. The number of hydrogen-bond acceptors (Lipinski definition) is 4. The molecule has 0 aliphatic carbocycles. The summed E-state index contributed by atoms with van der Waals surface area (Å²) in [6.07, 6.45) is 3.65. The number of rotatable bonds is 3. The molecular weight excluding hydrogens is 326 g/mol.